The molecular weight excluding hydrogens is 338 g/mol. The Morgan fingerprint density at radius 1 is 0.960 bits per heavy atom. The van der Waals surface area contributed by atoms with Crippen LogP contribution in [0, 0.1) is 11.6 Å². The van der Waals surface area contributed by atoms with E-state index < -0.39 is 11.6 Å². The van der Waals surface area contributed by atoms with Crippen LogP contribution in [0.5, 0.6) is 0 Å². The summed E-state index contributed by atoms with van der Waals surface area (Å²) in [4.78, 5) is 0. The zero-order valence-corrected chi connectivity index (χ0v) is 14.4. The molecule has 0 saturated carbocycles. The fourth-order valence-corrected chi connectivity index (χ4v) is 2.96. The minimum Gasteiger partial charge on any atom is -0.362 e. The second-order valence-corrected chi connectivity index (χ2v) is 6.16. The number of hydrogen-bond acceptors (Lipinski definition) is 1. The van der Waals surface area contributed by atoms with Crippen molar-refractivity contribution < 1.29 is 8.78 Å². The molecule has 0 unspecified atom stereocenters. The van der Waals surface area contributed by atoms with E-state index in [9.17, 15) is 8.78 Å². The number of benzene rings is 3. The van der Waals surface area contributed by atoms with E-state index in [2.05, 4.69) is 41.0 Å². The molecular formula is C20H18F2N2S. The summed E-state index contributed by atoms with van der Waals surface area (Å²) in [6.45, 7) is 0.665. The first-order valence-electron chi connectivity index (χ1n) is 8.10. The second-order valence-electron chi connectivity index (χ2n) is 5.75. The van der Waals surface area contributed by atoms with Crippen LogP contribution >= 0.6 is 12.2 Å². The van der Waals surface area contributed by atoms with E-state index in [-0.39, 0.29) is 5.69 Å². The van der Waals surface area contributed by atoms with Gasteiger partial charge in [-0.15, -0.1) is 0 Å². The van der Waals surface area contributed by atoms with Crippen LogP contribution in [0.2, 0.25) is 0 Å². The van der Waals surface area contributed by atoms with Gasteiger partial charge in [-0.25, -0.2) is 8.78 Å². The van der Waals surface area contributed by atoms with Gasteiger partial charge < -0.3 is 10.6 Å². The molecule has 0 radical (unpaired) electrons. The van der Waals surface area contributed by atoms with Crippen LogP contribution in [-0.2, 0) is 6.42 Å². The number of hydrogen-bond donors (Lipinski definition) is 2. The van der Waals surface area contributed by atoms with Gasteiger partial charge in [0, 0.05) is 12.6 Å². The lowest BCUT2D eigenvalue weighted by molar-refractivity contribution is 0.586. The Kier molecular flexibility index (Phi) is 5.56. The van der Waals surface area contributed by atoms with Crippen LogP contribution in [0.3, 0.4) is 0 Å². The highest BCUT2D eigenvalue weighted by molar-refractivity contribution is 7.80. The third-order valence-corrected chi connectivity index (χ3v) is 4.21. The van der Waals surface area contributed by atoms with Gasteiger partial charge in [-0.05, 0) is 53.5 Å². The maximum Gasteiger partial charge on any atom is 0.170 e. The fraction of sp³-hybridized carbons (Fsp3) is 0.150. The van der Waals surface area contributed by atoms with Crippen LogP contribution in [0.1, 0.15) is 12.0 Å². The number of thiocarbonyl (C=S) groups is 1. The van der Waals surface area contributed by atoms with E-state index >= 15 is 0 Å². The molecule has 5 heteroatoms. The van der Waals surface area contributed by atoms with Gasteiger partial charge in [0.1, 0.15) is 11.6 Å². The molecule has 0 spiro atoms. The van der Waals surface area contributed by atoms with Gasteiger partial charge in [0.25, 0.3) is 0 Å². The quantitative estimate of drug-likeness (QED) is 0.495. The molecule has 0 fully saturated rings. The van der Waals surface area contributed by atoms with Crippen molar-refractivity contribution in [2.24, 2.45) is 0 Å². The third kappa shape index (κ3) is 4.51. The zero-order valence-electron chi connectivity index (χ0n) is 13.6. The van der Waals surface area contributed by atoms with Crippen LogP contribution in [0.4, 0.5) is 14.5 Å². The van der Waals surface area contributed by atoms with Crippen LogP contribution in [-0.4, -0.2) is 11.7 Å². The highest BCUT2D eigenvalue weighted by atomic mass is 32.1. The van der Waals surface area contributed by atoms with Crippen molar-refractivity contribution in [2.45, 2.75) is 12.8 Å². The Morgan fingerprint density at radius 3 is 2.60 bits per heavy atom. The molecule has 0 aliphatic heterocycles. The summed E-state index contributed by atoms with van der Waals surface area (Å²) < 4.78 is 26.5. The van der Waals surface area contributed by atoms with Crippen LogP contribution < -0.4 is 10.6 Å². The average Bonchev–Trinajstić information content (AvgIpc) is 2.61. The van der Waals surface area contributed by atoms with Crippen molar-refractivity contribution in [3.63, 3.8) is 0 Å². The standard InChI is InChI=1S/C20H18F2N2S/c21-16-10-11-19(18(22)13-16)24-20(25)23-12-4-8-15-7-3-6-14-5-1-2-9-17(14)15/h1-3,5-7,9-11,13H,4,8,12H2,(H2,23,24,25). The van der Waals surface area contributed by atoms with Crippen LogP contribution in [0.15, 0.2) is 60.7 Å². The Balaban J connectivity index is 1.50. The molecule has 0 aliphatic rings. The fourth-order valence-electron chi connectivity index (χ4n) is 2.75. The highest BCUT2D eigenvalue weighted by Crippen LogP contribution is 2.19. The van der Waals surface area contributed by atoms with Crippen LogP contribution in [0.25, 0.3) is 10.8 Å². The highest BCUT2D eigenvalue weighted by Gasteiger charge is 2.05. The van der Waals surface area contributed by atoms with E-state index in [0.29, 0.717) is 11.7 Å². The van der Waals surface area contributed by atoms with Crippen molar-refractivity contribution in [2.75, 3.05) is 11.9 Å². The van der Waals surface area contributed by atoms with Gasteiger partial charge in [-0.3, -0.25) is 0 Å². The van der Waals surface area contributed by atoms with Gasteiger partial charge in [0.2, 0.25) is 0 Å². The van der Waals surface area contributed by atoms with E-state index in [0.717, 1.165) is 18.9 Å². The van der Waals surface area contributed by atoms with E-state index in [1.165, 1.54) is 28.5 Å². The maximum atomic E-state index is 13.6. The molecule has 128 valence electrons. The molecule has 0 saturated heterocycles. The summed E-state index contributed by atoms with van der Waals surface area (Å²) in [6, 6.07) is 17.9. The third-order valence-electron chi connectivity index (χ3n) is 3.97. The lowest BCUT2D eigenvalue weighted by Gasteiger charge is -2.12. The molecule has 0 amide bonds. The minimum atomic E-state index is -0.667. The van der Waals surface area contributed by atoms with Gasteiger partial charge in [-0.1, -0.05) is 42.5 Å². The molecule has 0 atom stereocenters. The summed E-state index contributed by atoms with van der Waals surface area (Å²) in [5.74, 6) is -1.28. The zero-order chi connectivity index (χ0) is 17.6. The van der Waals surface area contributed by atoms with Gasteiger partial charge >= 0.3 is 0 Å². The van der Waals surface area contributed by atoms with E-state index in [1.54, 1.807) is 0 Å². The van der Waals surface area contributed by atoms with Crippen molar-refractivity contribution in [1.82, 2.24) is 5.32 Å². The number of rotatable bonds is 5. The Morgan fingerprint density at radius 2 is 1.76 bits per heavy atom. The number of halogens is 2. The molecule has 3 rings (SSSR count). The molecule has 0 aromatic heterocycles. The topological polar surface area (TPSA) is 24.1 Å². The summed E-state index contributed by atoms with van der Waals surface area (Å²) in [7, 11) is 0. The van der Waals surface area contributed by atoms with Gasteiger partial charge in [-0.2, -0.15) is 0 Å². The predicted molar refractivity (Wildman–Crippen MR) is 103 cm³/mol. The minimum absolute atomic E-state index is 0.160. The average molecular weight is 356 g/mol. The van der Waals surface area contributed by atoms with Crippen molar-refractivity contribution in [3.8, 4) is 0 Å². The molecule has 0 aliphatic carbocycles. The molecule has 0 heterocycles. The molecule has 25 heavy (non-hydrogen) atoms. The SMILES string of the molecule is Fc1ccc(NC(=S)NCCCc2cccc3ccccc23)c(F)c1. The first-order chi connectivity index (χ1) is 12.1. The van der Waals surface area contributed by atoms with Gasteiger partial charge in [0.05, 0.1) is 5.69 Å². The van der Waals surface area contributed by atoms with Crippen molar-refractivity contribution in [3.05, 3.63) is 77.9 Å². The normalized spacial score (nSPS) is 10.6. The summed E-state index contributed by atoms with van der Waals surface area (Å²) >= 11 is 5.15. The Hall–Kier alpha value is -2.53. The molecule has 3 aromatic rings. The molecule has 3 aromatic carbocycles. The smallest absolute Gasteiger partial charge is 0.170 e. The molecule has 2 N–H and O–H groups in total. The second kappa shape index (κ2) is 8.03. The van der Waals surface area contributed by atoms with E-state index in [1.807, 2.05) is 12.1 Å². The first kappa shape index (κ1) is 17.3. The lowest BCUT2D eigenvalue weighted by atomic mass is 10.0. The van der Waals surface area contributed by atoms with E-state index in [4.69, 9.17) is 12.2 Å². The summed E-state index contributed by atoms with van der Waals surface area (Å²) in [6.07, 6.45) is 1.81. The number of anilines is 1. The monoisotopic (exact) mass is 356 g/mol. The Bertz CT molecular complexity index is 891. The summed E-state index contributed by atoms with van der Waals surface area (Å²) in [5.41, 5.74) is 1.45. The summed E-state index contributed by atoms with van der Waals surface area (Å²) in [5, 5.41) is 8.61. The van der Waals surface area contributed by atoms with Gasteiger partial charge in [0.15, 0.2) is 5.11 Å². The van der Waals surface area contributed by atoms with Crippen molar-refractivity contribution in [1.29, 1.82) is 0 Å². The predicted octanol–water partition coefficient (Wildman–Crippen LogP) is 5.04. The molecule has 2 nitrogen and oxygen atoms in total. The number of nitrogens with one attached hydrogen (secondary N) is 2. The maximum absolute atomic E-state index is 13.6. The van der Waals surface area contributed by atoms with Crippen molar-refractivity contribution >= 4 is 33.8 Å². The number of aryl methyl sites for hydroxylation is 1. The number of fused-ring (bicyclic) bond motifs is 1. The Labute approximate surface area is 150 Å². The first-order valence-corrected chi connectivity index (χ1v) is 8.51. The molecule has 0 bridgehead atoms. The largest absolute Gasteiger partial charge is 0.362 e. The lowest BCUT2D eigenvalue weighted by Crippen LogP contribution is -2.29.